The molecule has 0 spiro atoms. The van der Waals surface area contributed by atoms with Gasteiger partial charge in [-0.2, -0.15) is 0 Å². The summed E-state index contributed by atoms with van der Waals surface area (Å²) in [6.07, 6.45) is 1.34. The molecule has 0 bridgehead atoms. The number of hydrogen-bond donors (Lipinski definition) is 4. The van der Waals surface area contributed by atoms with Crippen LogP contribution >= 0.6 is 0 Å². The Hall–Kier alpha value is -2.93. The van der Waals surface area contributed by atoms with E-state index in [9.17, 15) is 19.8 Å². The van der Waals surface area contributed by atoms with Gasteiger partial charge in [-0.1, -0.05) is 18.2 Å². The van der Waals surface area contributed by atoms with Gasteiger partial charge in [0.2, 0.25) is 5.91 Å². The molecular formula is C16H17N3O4. The first-order valence-corrected chi connectivity index (χ1v) is 7.00. The van der Waals surface area contributed by atoms with E-state index in [4.69, 9.17) is 0 Å². The molecule has 1 atom stereocenters. The number of anilines is 1. The smallest absolute Gasteiger partial charge is 0.321 e. The zero-order valence-corrected chi connectivity index (χ0v) is 12.3. The maximum absolute atomic E-state index is 11.9. The van der Waals surface area contributed by atoms with Crippen molar-refractivity contribution < 1.29 is 19.8 Å². The van der Waals surface area contributed by atoms with E-state index in [2.05, 4.69) is 15.6 Å². The standard InChI is InChI=1S/C16H17N3O4/c20-14-7-2-1-6-12(14)19-15(21)9-13(16(22)23)18-10-11-5-3-4-8-17-11/h1-8,13,18,20H,9-10H2,(H,19,21)(H,22,23). The number of carboxylic acids is 1. The van der Waals surface area contributed by atoms with E-state index >= 15 is 0 Å². The molecule has 0 aliphatic carbocycles. The van der Waals surface area contributed by atoms with Gasteiger partial charge in [0.1, 0.15) is 11.8 Å². The zero-order valence-electron chi connectivity index (χ0n) is 12.3. The first kappa shape index (κ1) is 16.4. The molecule has 4 N–H and O–H groups in total. The van der Waals surface area contributed by atoms with E-state index in [1.54, 1.807) is 36.5 Å². The number of para-hydroxylation sites is 2. The number of nitrogens with zero attached hydrogens (tertiary/aromatic N) is 1. The van der Waals surface area contributed by atoms with Crippen molar-refractivity contribution >= 4 is 17.6 Å². The van der Waals surface area contributed by atoms with E-state index in [1.807, 2.05) is 0 Å². The summed E-state index contributed by atoms with van der Waals surface area (Å²) in [7, 11) is 0. The lowest BCUT2D eigenvalue weighted by Crippen LogP contribution is -2.39. The first-order chi connectivity index (χ1) is 11.1. The predicted molar refractivity (Wildman–Crippen MR) is 83.9 cm³/mol. The van der Waals surface area contributed by atoms with E-state index in [0.29, 0.717) is 5.69 Å². The Morgan fingerprint density at radius 3 is 2.52 bits per heavy atom. The summed E-state index contributed by atoms with van der Waals surface area (Å²) in [5.74, 6) is -1.71. The van der Waals surface area contributed by atoms with Crippen molar-refractivity contribution in [2.45, 2.75) is 19.0 Å². The second-order valence-electron chi connectivity index (χ2n) is 4.86. The molecule has 2 aromatic rings. The minimum atomic E-state index is -1.13. The number of aliphatic carboxylic acids is 1. The molecule has 7 nitrogen and oxygen atoms in total. The number of carboxylic acid groups (broad SMARTS) is 1. The highest BCUT2D eigenvalue weighted by Crippen LogP contribution is 2.21. The molecule has 0 aliphatic rings. The minimum Gasteiger partial charge on any atom is -0.506 e. The van der Waals surface area contributed by atoms with Gasteiger partial charge in [-0.05, 0) is 24.3 Å². The van der Waals surface area contributed by atoms with E-state index in [1.165, 1.54) is 12.1 Å². The minimum absolute atomic E-state index is 0.0748. The van der Waals surface area contributed by atoms with Crippen molar-refractivity contribution in [1.82, 2.24) is 10.3 Å². The Morgan fingerprint density at radius 1 is 1.13 bits per heavy atom. The summed E-state index contributed by atoms with van der Waals surface area (Å²) in [6.45, 7) is 0.238. The van der Waals surface area contributed by atoms with Gasteiger partial charge in [-0.3, -0.25) is 19.9 Å². The van der Waals surface area contributed by atoms with Crippen LogP contribution in [0.3, 0.4) is 0 Å². The van der Waals surface area contributed by atoms with Crippen LogP contribution in [0.4, 0.5) is 5.69 Å². The van der Waals surface area contributed by atoms with Crippen LogP contribution in [0.15, 0.2) is 48.7 Å². The molecule has 1 amide bonds. The fraction of sp³-hybridized carbons (Fsp3) is 0.188. The number of aromatic nitrogens is 1. The largest absolute Gasteiger partial charge is 0.506 e. The van der Waals surface area contributed by atoms with Gasteiger partial charge in [-0.25, -0.2) is 0 Å². The highest BCUT2D eigenvalue weighted by atomic mass is 16.4. The summed E-state index contributed by atoms with van der Waals surface area (Å²) in [5, 5.41) is 24.1. The highest BCUT2D eigenvalue weighted by molar-refractivity contribution is 5.95. The molecule has 1 aromatic carbocycles. The van der Waals surface area contributed by atoms with Gasteiger partial charge in [-0.15, -0.1) is 0 Å². The molecule has 0 saturated heterocycles. The van der Waals surface area contributed by atoms with Crippen LogP contribution in [0.5, 0.6) is 5.75 Å². The van der Waals surface area contributed by atoms with Gasteiger partial charge in [0.15, 0.2) is 0 Å². The average molecular weight is 315 g/mol. The number of rotatable bonds is 7. The van der Waals surface area contributed by atoms with Crippen molar-refractivity contribution in [3.05, 3.63) is 54.4 Å². The predicted octanol–water partition coefficient (Wildman–Crippen LogP) is 1.36. The highest BCUT2D eigenvalue weighted by Gasteiger charge is 2.21. The Kier molecular flexibility index (Phi) is 5.65. The lowest BCUT2D eigenvalue weighted by molar-refractivity contribution is -0.141. The molecular weight excluding hydrogens is 298 g/mol. The topological polar surface area (TPSA) is 112 Å². The summed E-state index contributed by atoms with van der Waals surface area (Å²) in [6, 6.07) is 10.5. The number of hydrogen-bond acceptors (Lipinski definition) is 5. The molecule has 120 valence electrons. The number of nitrogens with one attached hydrogen (secondary N) is 2. The summed E-state index contributed by atoms with van der Waals surface area (Å²) < 4.78 is 0. The van der Waals surface area contributed by atoms with Gasteiger partial charge in [0.25, 0.3) is 0 Å². The molecule has 0 saturated carbocycles. The maximum atomic E-state index is 11.9. The van der Waals surface area contributed by atoms with E-state index in [-0.39, 0.29) is 24.4 Å². The van der Waals surface area contributed by atoms with Crippen LogP contribution < -0.4 is 10.6 Å². The van der Waals surface area contributed by atoms with Crippen LogP contribution in [-0.2, 0) is 16.1 Å². The third-order valence-electron chi connectivity index (χ3n) is 3.12. The van der Waals surface area contributed by atoms with Gasteiger partial charge in [0.05, 0.1) is 17.8 Å². The van der Waals surface area contributed by atoms with Crippen LogP contribution in [-0.4, -0.2) is 33.1 Å². The average Bonchev–Trinajstić information content (AvgIpc) is 2.54. The molecule has 23 heavy (non-hydrogen) atoms. The lowest BCUT2D eigenvalue weighted by atomic mass is 10.2. The summed E-state index contributed by atoms with van der Waals surface area (Å²) in [4.78, 5) is 27.3. The van der Waals surface area contributed by atoms with Crippen molar-refractivity contribution in [1.29, 1.82) is 0 Å². The Labute approximate surface area is 133 Å². The molecule has 0 radical (unpaired) electrons. The Balaban J connectivity index is 1.92. The number of aromatic hydroxyl groups is 1. The van der Waals surface area contributed by atoms with Crippen LogP contribution in [0.25, 0.3) is 0 Å². The van der Waals surface area contributed by atoms with E-state index < -0.39 is 17.9 Å². The normalized spacial score (nSPS) is 11.7. The number of pyridine rings is 1. The van der Waals surface area contributed by atoms with Crippen LogP contribution in [0.2, 0.25) is 0 Å². The first-order valence-electron chi connectivity index (χ1n) is 7.00. The van der Waals surface area contributed by atoms with Crippen molar-refractivity contribution in [3.63, 3.8) is 0 Å². The lowest BCUT2D eigenvalue weighted by Gasteiger charge is -2.14. The van der Waals surface area contributed by atoms with Gasteiger partial charge < -0.3 is 15.5 Å². The quantitative estimate of drug-likeness (QED) is 0.574. The van der Waals surface area contributed by atoms with Gasteiger partial charge >= 0.3 is 5.97 Å². The molecule has 7 heteroatoms. The van der Waals surface area contributed by atoms with Crippen molar-refractivity contribution in [2.24, 2.45) is 0 Å². The van der Waals surface area contributed by atoms with Crippen LogP contribution in [0.1, 0.15) is 12.1 Å². The molecule has 1 aromatic heterocycles. The summed E-state index contributed by atoms with van der Waals surface area (Å²) >= 11 is 0. The molecule has 2 rings (SSSR count). The van der Waals surface area contributed by atoms with Crippen molar-refractivity contribution in [3.8, 4) is 5.75 Å². The van der Waals surface area contributed by atoms with Gasteiger partial charge in [0, 0.05) is 12.7 Å². The number of amides is 1. The molecule has 0 aliphatic heterocycles. The van der Waals surface area contributed by atoms with Crippen LogP contribution in [0, 0.1) is 0 Å². The Bertz CT molecular complexity index is 676. The Morgan fingerprint density at radius 2 is 1.87 bits per heavy atom. The SMILES string of the molecule is O=C(CC(NCc1ccccn1)C(=O)O)Nc1ccccc1O. The zero-order chi connectivity index (χ0) is 16.7. The molecule has 1 unspecified atom stereocenters. The number of phenols is 1. The molecule has 1 heterocycles. The third-order valence-corrected chi connectivity index (χ3v) is 3.12. The number of carbonyl (C=O) groups excluding carboxylic acids is 1. The number of benzene rings is 1. The van der Waals surface area contributed by atoms with Crippen molar-refractivity contribution in [2.75, 3.05) is 5.32 Å². The second kappa shape index (κ2) is 7.90. The third kappa shape index (κ3) is 5.08. The monoisotopic (exact) mass is 315 g/mol. The van der Waals surface area contributed by atoms with E-state index in [0.717, 1.165) is 0 Å². The number of phenolic OH excluding ortho intramolecular Hbond substituents is 1. The fourth-order valence-electron chi connectivity index (χ4n) is 1.94. The maximum Gasteiger partial charge on any atom is 0.321 e. The number of carbonyl (C=O) groups is 2. The second-order valence-corrected chi connectivity index (χ2v) is 4.86. The fourth-order valence-corrected chi connectivity index (χ4v) is 1.94. The molecule has 0 fully saturated rings. The summed E-state index contributed by atoms with van der Waals surface area (Å²) in [5.41, 5.74) is 0.922.